The fourth-order valence-electron chi connectivity index (χ4n) is 2.70. The number of hydrogen-bond donors (Lipinski definition) is 2. The quantitative estimate of drug-likeness (QED) is 0.796. The molecule has 1 amide bonds. The van der Waals surface area contributed by atoms with E-state index in [-0.39, 0.29) is 11.4 Å². The van der Waals surface area contributed by atoms with E-state index in [0.717, 1.165) is 17.7 Å². The summed E-state index contributed by atoms with van der Waals surface area (Å²) >= 11 is 0. The summed E-state index contributed by atoms with van der Waals surface area (Å²) in [7, 11) is 0. The zero-order valence-corrected chi connectivity index (χ0v) is 13.9. The first-order chi connectivity index (χ1) is 10.9. The second-order valence-corrected chi connectivity index (χ2v) is 6.51. The van der Waals surface area contributed by atoms with Crippen LogP contribution in [0.15, 0.2) is 30.6 Å². The Morgan fingerprint density at radius 3 is 2.57 bits per heavy atom. The van der Waals surface area contributed by atoms with Gasteiger partial charge in [-0.2, -0.15) is 0 Å². The number of nitrogens with zero attached hydrogens (tertiary/aromatic N) is 4. The Labute approximate surface area is 136 Å². The van der Waals surface area contributed by atoms with E-state index in [9.17, 15) is 4.79 Å². The zero-order valence-electron chi connectivity index (χ0n) is 13.9. The standard InChI is InChI=1S/C16H24N6O/c1-12(2)9-16(3,10-17)19-15(23)8-13-4-6-14(7-5-13)22-11-18-20-21-22/h4-7,11-12H,8-10,17H2,1-3H3,(H,19,23). The van der Waals surface area contributed by atoms with Crippen molar-refractivity contribution in [1.29, 1.82) is 0 Å². The summed E-state index contributed by atoms with van der Waals surface area (Å²) in [6.07, 6.45) is 2.71. The minimum absolute atomic E-state index is 0.0197. The van der Waals surface area contributed by atoms with Crippen molar-refractivity contribution in [3.63, 3.8) is 0 Å². The molecule has 0 saturated carbocycles. The molecule has 1 unspecified atom stereocenters. The number of benzene rings is 1. The molecule has 23 heavy (non-hydrogen) atoms. The van der Waals surface area contributed by atoms with Gasteiger partial charge in [0.15, 0.2) is 0 Å². The minimum atomic E-state index is -0.364. The van der Waals surface area contributed by atoms with Gasteiger partial charge in [-0.15, -0.1) is 5.10 Å². The molecule has 124 valence electrons. The van der Waals surface area contributed by atoms with Gasteiger partial charge in [0.1, 0.15) is 6.33 Å². The molecule has 1 aromatic heterocycles. The van der Waals surface area contributed by atoms with Crippen LogP contribution in [0.2, 0.25) is 0 Å². The van der Waals surface area contributed by atoms with Crippen LogP contribution in [0.4, 0.5) is 0 Å². The lowest BCUT2D eigenvalue weighted by atomic mass is 9.90. The molecule has 2 aromatic rings. The smallest absolute Gasteiger partial charge is 0.224 e. The van der Waals surface area contributed by atoms with Crippen LogP contribution in [0.1, 0.15) is 32.8 Å². The number of amides is 1. The highest BCUT2D eigenvalue weighted by Crippen LogP contribution is 2.16. The first-order valence-corrected chi connectivity index (χ1v) is 7.75. The molecule has 0 aliphatic heterocycles. The van der Waals surface area contributed by atoms with E-state index >= 15 is 0 Å². The first-order valence-electron chi connectivity index (χ1n) is 7.75. The molecule has 7 heteroatoms. The summed E-state index contributed by atoms with van der Waals surface area (Å²) in [6.45, 7) is 6.66. The lowest BCUT2D eigenvalue weighted by molar-refractivity contribution is -0.122. The Morgan fingerprint density at radius 2 is 2.04 bits per heavy atom. The molecule has 0 bridgehead atoms. The lowest BCUT2D eigenvalue weighted by Gasteiger charge is -2.31. The number of hydrogen-bond acceptors (Lipinski definition) is 5. The van der Waals surface area contributed by atoms with E-state index in [1.807, 2.05) is 31.2 Å². The Hall–Kier alpha value is -2.28. The van der Waals surface area contributed by atoms with Gasteiger partial charge in [-0.05, 0) is 47.4 Å². The van der Waals surface area contributed by atoms with Gasteiger partial charge in [0, 0.05) is 12.1 Å². The average Bonchev–Trinajstić information content (AvgIpc) is 3.01. The molecule has 0 saturated heterocycles. The summed E-state index contributed by atoms with van der Waals surface area (Å²) in [6, 6.07) is 7.57. The Morgan fingerprint density at radius 1 is 1.35 bits per heavy atom. The number of rotatable bonds is 7. The first kappa shape index (κ1) is 17.1. The summed E-state index contributed by atoms with van der Waals surface area (Å²) in [4.78, 5) is 12.3. The molecule has 7 nitrogen and oxygen atoms in total. The third-order valence-corrected chi connectivity index (χ3v) is 3.67. The highest BCUT2D eigenvalue weighted by atomic mass is 16.1. The number of nitrogens with one attached hydrogen (secondary N) is 1. The maximum absolute atomic E-state index is 12.3. The van der Waals surface area contributed by atoms with E-state index in [4.69, 9.17) is 5.73 Å². The van der Waals surface area contributed by atoms with E-state index < -0.39 is 0 Å². The minimum Gasteiger partial charge on any atom is -0.349 e. The van der Waals surface area contributed by atoms with Gasteiger partial charge in [-0.25, -0.2) is 4.68 Å². The molecular weight excluding hydrogens is 292 g/mol. The Bertz CT molecular complexity index is 623. The predicted molar refractivity (Wildman–Crippen MR) is 87.9 cm³/mol. The molecule has 0 radical (unpaired) electrons. The number of tetrazole rings is 1. The van der Waals surface area contributed by atoms with Crippen LogP contribution in [0.3, 0.4) is 0 Å². The number of nitrogens with two attached hydrogens (primary N) is 1. The van der Waals surface area contributed by atoms with E-state index in [0.29, 0.717) is 18.9 Å². The van der Waals surface area contributed by atoms with Crippen LogP contribution in [0, 0.1) is 5.92 Å². The second kappa shape index (κ2) is 7.32. The number of aromatic nitrogens is 4. The Kier molecular flexibility index (Phi) is 5.44. The van der Waals surface area contributed by atoms with Gasteiger partial charge >= 0.3 is 0 Å². The number of carbonyl (C=O) groups is 1. The summed E-state index contributed by atoms with van der Waals surface area (Å²) in [5.74, 6) is 0.452. The lowest BCUT2D eigenvalue weighted by Crippen LogP contribution is -2.52. The zero-order chi connectivity index (χ0) is 16.9. The van der Waals surface area contributed by atoms with Gasteiger partial charge in [-0.3, -0.25) is 4.79 Å². The molecule has 0 spiro atoms. The normalized spacial score (nSPS) is 13.8. The summed E-state index contributed by atoms with van der Waals surface area (Å²) < 4.78 is 1.57. The monoisotopic (exact) mass is 316 g/mol. The van der Waals surface area contributed by atoms with Crippen molar-refractivity contribution in [2.24, 2.45) is 11.7 Å². The van der Waals surface area contributed by atoms with Gasteiger partial charge < -0.3 is 11.1 Å². The average molecular weight is 316 g/mol. The van der Waals surface area contributed by atoms with Crippen LogP contribution in [-0.2, 0) is 11.2 Å². The highest BCUT2D eigenvalue weighted by Gasteiger charge is 2.25. The van der Waals surface area contributed by atoms with Crippen molar-refractivity contribution in [2.75, 3.05) is 6.54 Å². The predicted octanol–water partition coefficient (Wildman–Crippen LogP) is 1.08. The topological polar surface area (TPSA) is 98.7 Å². The van der Waals surface area contributed by atoms with Gasteiger partial charge in [0.25, 0.3) is 0 Å². The number of carbonyl (C=O) groups excluding carboxylic acids is 1. The van der Waals surface area contributed by atoms with Crippen molar-refractivity contribution in [1.82, 2.24) is 25.5 Å². The SMILES string of the molecule is CC(C)CC(C)(CN)NC(=O)Cc1ccc(-n2cnnn2)cc1. The fourth-order valence-corrected chi connectivity index (χ4v) is 2.70. The van der Waals surface area contributed by atoms with Crippen molar-refractivity contribution < 1.29 is 4.79 Å². The molecule has 0 aliphatic carbocycles. The van der Waals surface area contributed by atoms with Gasteiger partial charge in [0.2, 0.25) is 5.91 Å². The fraction of sp³-hybridized carbons (Fsp3) is 0.500. The summed E-state index contributed by atoms with van der Waals surface area (Å²) in [5, 5.41) is 14.1. The van der Waals surface area contributed by atoms with E-state index in [2.05, 4.69) is 34.7 Å². The molecule has 0 aliphatic rings. The molecule has 2 rings (SSSR count). The molecule has 1 atom stereocenters. The maximum atomic E-state index is 12.3. The highest BCUT2D eigenvalue weighted by molar-refractivity contribution is 5.79. The van der Waals surface area contributed by atoms with Crippen LogP contribution >= 0.6 is 0 Å². The molecule has 3 N–H and O–H groups in total. The Balaban J connectivity index is 1.97. The molecular formula is C16H24N6O. The molecule has 1 aromatic carbocycles. The summed E-state index contributed by atoms with van der Waals surface area (Å²) in [5.41, 5.74) is 7.26. The van der Waals surface area contributed by atoms with Gasteiger partial charge in [-0.1, -0.05) is 26.0 Å². The van der Waals surface area contributed by atoms with Gasteiger partial charge in [0.05, 0.1) is 12.1 Å². The largest absolute Gasteiger partial charge is 0.349 e. The van der Waals surface area contributed by atoms with E-state index in [1.54, 1.807) is 4.68 Å². The van der Waals surface area contributed by atoms with Crippen molar-refractivity contribution in [3.8, 4) is 5.69 Å². The van der Waals surface area contributed by atoms with Crippen LogP contribution < -0.4 is 11.1 Å². The molecule has 0 fully saturated rings. The van der Waals surface area contributed by atoms with Crippen LogP contribution in [0.5, 0.6) is 0 Å². The van der Waals surface area contributed by atoms with Crippen LogP contribution in [0.25, 0.3) is 5.69 Å². The maximum Gasteiger partial charge on any atom is 0.224 e. The third-order valence-electron chi connectivity index (χ3n) is 3.67. The second-order valence-electron chi connectivity index (χ2n) is 6.51. The third kappa shape index (κ3) is 4.85. The molecule has 1 heterocycles. The van der Waals surface area contributed by atoms with Crippen molar-refractivity contribution in [3.05, 3.63) is 36.2 Å². The van der Waals surface area contributed by atoms with Crippen molar-refractivity contribution in [2.45, 2.75) is 39.2 Å². The van der Waals surface area contributed by atoms with Crippen LogP contribution in [-0.4, -0.2) is 38.2 Å². The van der Waals surface area contributed by atoms with Crippen molar-refractivity contribution >= 4 is 5.91 Å². The van der Waals surface area contributed by atoms with E-state index in [1.165, 1.54) is 6.33 Å².